The van der Waals surface area contributed by atoms with Crippen molar-refractivity contribution < 1.29 is 4.79 Å². The molecular formula is C15H23N5O. The van der Waals surface area contributed by atoms with Gasteiger partial charge in [0.15, 0.2) is 0 Å². The van der Waals surface area contributed by atoms with Crippen molar-refractivity contribution in [2.45, 2.75) is 51.5 Å². The van der Waals surface area contributed by atoms with E-state index in [1.807, 2.05) is 0 Å². The summed E-state index contributed by atoms with van der Waals surface area (Å²) in [5.74, 6) is 2.79. The molecule has 0 radical (unpaired) electrons. The number of amides is 1. The van der Waals surface area contributed by atoms with Gasteiger partial charge in [-0.3, -0.25) is 9.89 Å². The number of aromatic amines is 1. The van der Waals surface area contributed by atoms with Gasteiger partial charge in [-0.2, -0.15) is 4.98 Å². The number of anilines is 1. The van der Waals surface area contributed by atoms with E-state index in [1.165, 1.54) is 38.5 Å². The first-order valence-electron chi connectivity index (χ1n) is 8.03. The number of aromatic nitrogens is 3. The van der Waals surface area contributed by atoms with Crippen LogP contribution in [0.4, 0.5) is 5.95 Å². The molecule has 1 amide bonds. The van der Waals surface area contributed by atoms with Crippen LogP contribution in [0.1, 0.15) is 56.1 Å². The second-order valence-corrected chi connectivity index (χ2v) is 7.52. The minimum absolute atomic E-state index is 0.114. The molecule has 0 aliphatic heterocycles. The maximum Gasteiger partial charge on any atom is 0.288 e. The highest BCUT2D eigenvalue weighted by atomic mass is 16.2. The number of hydrogen-bond donors (Lipinski definition) is 3. The fraction of sp³-hybridized carbons (Fsp3) is 0.800. The molecule has 4 aliphatic carbocycles. The highest BCUT2D eigenvalue weighted by Crippen LogP contribution is 2.61. The summed E-state index contributed by atoms with van der Waals surface area (Å²) in [6.07, 6.45) is 8.08. The van der Waals surface area contributed by atoms with Crippen LogP contribution in [0.15, 0.2) is 0 Å². The van der Waals surface area contributed by atoms with E-state index in [4.69, 9.17) is 5.73 Å². The lowest BCUT2D eigenvalue weighted by Crippen LogP contribution is -2.55. The predicted octanol–water partition coefficient (Wildman–Crippen LogP) is 1.72. The van der Waals surface area contributed by atoms with Gasteiger partial charge in [0.05, 0.1) is 0 Å². The second kappa shape index (κ2) is 4.45. The lowest BCUT2D eigenvalue weighted by atomic mass is 9.48. The Labute approximate surface area is 124 Å². The summed E-state index contributed by atoms with van der Waals surface area (Å²) in [5.41, 5.74) is 5.76. The quantitative estimate of drug-likeness (QED) is 0.789. The summed E-state index contributed by atoms with van der Waals surface area (Å²) in [7, 11) is 0. The van der Waals surface area contributed by atoms with Crippen LogP contribution in [0.3, 0.4) is 0 Å². The Balaban J connectivity index is 1.50. The van der Waals surface area contributed by atoms with Crippen LogP contribution in [-0.2, 0) is 0 Å². The molecule has 1 unspecified atom stereocenters. The van der Waals surface area contributed by atoms with Crippen LogP contribution in [-0.4, -0.2) is 27.1 Å². The van der Waals surface area contributed by atoms with Gasteiger partial charge in [0.25, 0.3) is 5.91 Å². The van der Waals surface area contributed by atoms with Crippen LogP contribution in [0.2, 0.25) is 0 Å². The summed E-state index contributed by atoms with van der Waals surface area (Å²) in [6, 6.07) is 0.185. The Morgan fingerprint density at radius 1 is 1.29 bits per heavy atom. The van der Waals surface area contributed by atoms with E-state index in [-0.39, 0.29) is 23.7 Å². The van der Waals surface area contributed by atoms with Crippen molar-refractivity contribution in [1.82, 2.24) is 20.5 Å². The number of H-pyrrole nitrogens is 1. The highest BCUT2D eigenvalue weighted by Gasteiger charge is 2.53. The summed E-state index contributed by atoms with van der Waals surface area (Å²) in [4.78, 5) is 16.2. The molecule has 6 heteroatoms. The van der Waals surface area contributed by atoms with Gasteiger partial charge in [-0.15, -0.1) is 5.10 Å². The van der Waals surface area contributed by atoms with Gasteiger partial charge in [-0.1, -0.05) is 0 Å². The maximum absolute atomic E-state index is 12.3. The Hall–Kier alpha value is -1.59. The van der Waals surface area contributed by atoms with E-state index >= 15 is 0 Å². The Morgan fingerprint density at radius 2 is 1.86 bits per heavy atom. The lowest BCUT2D eigenvalue weighted by molar-refractivity contribution is -0.0688. The number of nitrogens with two attached hydrogens (primary N) is 1. The topological polar surface area (TPSA) is 96.7 Å². The number of carbonyl (C=O) groups excluding carboxylic acids is 1. The number of carbonyl (C=O) groups is 1. The summed E-state index contributed by atoms with van der Waals surface area (Å²) in [6.45, 7) is 2.16. The van der Waals surface area contributed by atoms with Crippen molar-refractivity contribution in [1.29, 1.82) is 0 Å². The second-order valence-electron chi connectivity index (χ2n) is 7.52. The molecule has 1 aromatic heterocycles. The zero-order valence-electron chi connectivity index (χ0n) is 12.4. The third-order valence-corrected chi connectivity index (χ3v) is 6.07. The molecule has 1 atom stereocenters. The maximum atomic E-state index is 12.3. The first-order valence-corrected chi connectivity index (χ1v) is 8.03. The van der Waals surface area contributed by atoms with Gasteiger partial charge in [-0.25, -0.2) is 0 Å². The fourth-order valence-electron chi connectivity index (χ4n) is 5.50. The molecule has 4 fully saturated rings. The SMILES string of the molecule is CC(NC(=O)c1nc(N)n[nH]1)C12CC3CC(CC(C3)C1)C2. The molecule has 0 saturated heterocycles. The minimum atomic E-state index is -0.192. The minimum Gasteiger partial charge on any atom is -0.366 e. The molecule has 0 spiro atoms. The van der Waals surface area contributed by atoms with Crippen molar-refractivity contribution >= 4 is 11.9 Å². The van der Waals surface area contributed by atoms with E-state index in [9.17, 15) is 4.79 Å². The van der Waals surface area contributed by atoms with Crippen LogP contribution in [0.25, 0.3) is 0 Å². The fourth-order valence-corrected chi connectivity index (χ4v) is 5.50. The highest BCUT2D eigenvalue weighted by molar-refractivity contribution is 5.90. The van der Waals surface area contributed by atoms with Gasteiger partial charge >= 0.3 is 0 Å². The van der Waals surface area contributed by atoms with Crippen LogP contribution in [0, 0.1) is 23.2 Å². The molecule has 1 heterocycles. The summed E-state index contributed by atoms with van der Waals surface area (Å²) in [5, 5.41) is 9.44. The van der Waals surface area contributed by atoms with Crippen molar-refractivity contribution in [2.24, 2.45) is 23.2 Å². The number of nitrogens with zero attached hydrogens (tertiary/aromatic N) is 2. The van der Waals surface area contributed by atoms with E-state index in [0.29, 0.717) is 5.41 Å². The smallest absolute Gasteiger partial charge is 0.288 e. The van der Waals surface area contributed by atoms with Crippen LogP contribution < -0.4 is 11.1 Å². The molecule has 6 nitrogen and oxygen atoms in total. The van der Waals surface area contributed by atoms with Crippen molar-refractivity contribution in [3.63, 3.8) is 0 Å². The molecule has 1 aromatic rings. The molecule has 0 aromatic carbocycles. The molecule has 21 heavy (non-hydrogen) atoms. The lowest BCUT2D eigenvalue weighted by Gasteiger charge is -2.59. The van der Waals surface area contributed by atoms with Gasteiger partial charge in [0, 0.05) is 6.04 Å². The van der Waals surface area contributed by atoms with Gasteiger partial charge < -0.3 is 11.1 Å². The van der Waals surface area contributed by atoms with Crippen molar-refractivity contribution in [2.75, 3.05) is 5.73 Å². The monoisotopic (exact) mass is 289 g/mol. The van der Waals surface area contributed by atoms with E-state index in [2.05, 4.69) is 27.4 Å². The van der Waals surface area contributed by atoms with Crippen LogP contribution >= 0.6 is 0 Å². The van der Waals surface area contributed by atoms with Crippen molar-refractivity contribution in [3.8, 4) is 0 Å². The Bertz CT molecular complexity index is 531. The Kier molecular flexibility index (Phi) is 2.78. The number of rotatable bonds is 3. The number of nitrogen functional groups attached to an aromatic ring is 1. The van der Waals surface area contributed by atoms with Crippen molar-refractivity contribution in [3.05, 3.63) is 5.82 Å². The third kappa shape index (κ3) is 2.12. The first kappa shape index (κ1) is 13.1. The van der Waals surface area contributed by atoms with E-state index in [0.717, 1.165) is 17.8 Å². The van der Waals surface area contributed by atoms with Gasteiger partial charge in [-0.05, 0) is 68.6 Å². The number of nitrogens with one attached hydrogen (secondary N) is 2. The zero-order chi connectivity index (χ0) is 14.6. The molecule has 114 valence electrons. The van der Waals surface area contributed by atoms with E-state index < -0.39 is 0 Å². The number of hydrogen-bond acceptors (Lipinski definition) is 4. The Morgan fingerprint density at radius 3 is 2.33 bits per heavy atom. The third-order valence-electron chi connectivity index (χ3n) is 6.07. The molecule has 4 saturated carbocycles. The standard InChI is InChI=1S/C15H23N5O/c1-8(17-13(21)12-18-14(16)20-19-12)15-5-9-2-10(6-15)4-11(3-9)7-15/h8-11H,2-7H2,1H3,(H,17,21)(H3,16,18,19,20). The predicted molar refractivity (Wildman–Crippen MR) is 78.3 cm³/mol. The molecule has 4 N–H and O–H groups in total. The summed E-state index contributed by atoms with van der Waals surface area (Å²) < 4.78 is 0. The first-order chi connectivity index (χ1) is 10.0. The molecule has 4 bridgehead atoms. The molecule has 5 rings (SSSR count). The average molecular weight is 289 g/mol. The van der Waals surface area contributed by atoms with E-state index in [1.54, 1.807) is 0 Å². The van der Waals surface area contributed by atoms with Gasteiger partial charge in [0.1, 0.15) is 0 Å². The zero-order valence-corrected chi connectivity index (χ0v) is 12.4. The molecular weight excluding hydrogens is 266 g/mol. The normalized spacial score (nSPS) is 38.4. The van der Waals surface area contributed by atoms with Gasteiger partial charge in [0.2, 0.25) is 11.8 Å². The average Bonchev–Trinajstić information content (AvgIpc) is 2.84. The largest absolute Gasteiger partial charge is 0.366 e. The molecule has 4 aliphatic rings. The van der Waals surface area contributed by atoms with Crippen LogP contribution in [0.5, 0.6) is 0 Å². The summed E-state index contributed by atoms with van der Waals surface area (Å²) >= 11 is 0.